The van der Waals surface area contributed by atoms with Gasteiger partial charge in [0.25, 0.3) is 0 Å². The van der Waals surface area contributed by atoms with Gasteiger partial charge in [0.1, 0.15) is 5.69 Å². The number of ketones is 2. The molecule has 2 heterocycles. The average molecular weight is 491 g/mol. The van der Waals surface area contributed by atoms with Crippen molar-refractivity contribution in [2.75, 3.05) is 18.4 Å². The van der Waals surface area contributed by atoms with Gasteiger partial charge in [-0.25, -0.2) is 0 Å². The van der Waals surface area contributed by atoms with Crippen LogP contribution in [0.3, 0.4) is 0 Å². The highest BCUT2D eigenvalue weighted by Gasteiger charge is 2.28. The molecule has 2 aliphatic carbocycles. The lowest BCUT2D eigenvalue weighted by atomic mass is 9.92. The van der Waals surface area contributed by atoms with Crippen LogP contribution in [0.2, 0.25) is 5.02 Å². The van der Waals surface area contributed by atoms with E-state index in [-0.39, 0.29) is 34.1 Å². The number of carbonyl (C=O) groups is 2. The molecule has 3 aromatic rings. The Morgan fingerprint density at radius 3 is 2.63 bits per heavy atom. The summed E-state index contributed by atoms with van der Waals surface area (Å²) in [4.78, 5) is 44.3. The smallest absolute Gasteiger partial charge is 0.248 e. The monoisotopic (exact) mass is 490 g/mol. The number of pyridine rings is 2. The number of hydrogen-bond donors (Lipinski definition) is 3. The first-order chi connectivity index (χ1) is 16.9. The highest BCUT2D eigenvalue weighted by Crippen LogP contribution is 2.34. The van der Waals surface area contributed by atoms with Crippen molar-refractivity contribution in [3.05, 3.63) is 79.5 Å². The number of unbranched alkanes of at least 4 members (excludes halogenated alkanes) is 1. The summed E-state index contributed by atoms with van der Waals surface area (Å²) < 4.78 is 0. The van der Waals surface area contributed by atoms with Gasteiger partial charge in [-0.1, -0.05) is 11.6 Å². The third kappa shape index (κ3) is 4.60. The number of hydrogen-bond acceptors (Lipinski definition) is 6. The van der Waals surface area contributed by atoms with Gasteiger partial charge < -0.3 is 15.6 Å². The Balaban J connectivity index is 1.21. The van der Waals surface area contributed by atoms with Crippen molar-refractivity contribution in [3.8, 4) is 0 Å². The maximum atomic E-state index is 12.9. The van der Waals surface area contributed by atoms with Gasteiger partial charge in [-0.15, -0.1) is 0 Å². The fraction of sp³-hybridized carbons (Fsp3) is 0.333. The van der Waals surface area contributed by atoms with Gasteiger partial charge in [0.15, 0.2) is 0 Å². The van der Waals surface area contributed by atoms with E-state index >= 15 is 0 Å². The number of anilines is 1. The Morgan fingerprint density at radius 2 is 1.80 bits per heavy atom. The summed E-state index contributed by atoms with van der Waals surface area (Å²) >= 11 is 6.21. The van der Waals surface area contributed by atoms with Crippen LogP contribution >= 0.6 is 11.6 Å². The first-order valence-corrected chi connectivity index (χ1v) is 12.4. The molecule has 5 rings (SSSR count). The summed E-state index contributed by atoms with van der Waals surface area (Å²) in [6.07, 6.45) is 7.34. The van der Waals surface area contributed by atoms with Gasteiger partial charge in [-0.05, 0) is 74.8 Å². The molecule has 0 bridgehead atoms. The molecule has 0 atom stereocenters. The number of fused-ring (bicyclic) bond motifs is 3. The third-order valence-electron chi connectivity index (χ3n) is 6.68. The van der Waals surface area contributed by atoms with Gasteiger partial charge in [0.05, 0.1) is 16.8 Å². The zero-order valence-corrected chi connectivity index (χ0v) is 20.3. The van der Waals surface area contributed by atoms with Crippen molar-refractivity contribution in [2.45, 2.75) is 45.4 Å². The summed E-state index contributed by atoms with van der Waals surface area (Å²) in [5.74, 6) is -0.626. The fourth-order valence-corrected chi connectivity index (χ4v) is 5.15. The van der Waals surface area contributed by atoms with Crippen LogP contribution in [0.4, 0.5) is 5.69 Å². The Labute approximate surface area is 208 Å². The van der Waals surface area contributed by atoms with Crippen molar-refractivity contribution in [2.24, 2.45) is 0 Å². The van der Waals surface area contributed by atoms with Crippen LogP contribution in [-0.2, 0) is 12.8 Å². The number of carbonyl (C=O) groups excluding carboxylic acids is 2. The van der Waals surface area contributed by atoms with Crippen molar-refractivity contribution in [1.82, 2.24) is 15.3 Å². The van der Waals surface area contributed by atoms with Gasteiger partial charge in [-0.3, -0.25) is 19.4 Å². The summed E-state index contributed by atoms with van der Waals surface area (Å²) in [5.41, 5.74) is 5.31. The van der Waals surface area contributed by atoms with E-state index < -0.39 is 0 Å². The largest absolute Gasteiger partial charge is 0.384 e. The predicted octanol–water partition coefficient (Wildman–Crippen LogP) is 4.51. The summed E-state index contributed by atoms with van der Waals surface area (Å²) in [6, 6.07) is 7.21. The van der Waals surface area contributed by atoms with Crippen LogP contribution < -0.4 is 16.2 Å². The van der Waals surface area contributed by atoms with E-state index in [0.29, 0.717) is 17.1 Å². The van der Waals surface area contributed by atoms with E-state index in [2.05, 4.69) is 15.6 Å². The minimum atomic E-state index is -0.383. The second-order valence-corrected chi connectivity index (χ2v) is 9.60. The molecule has 35 heavy (non-hydrogen) atoms. The molecule has 0 aliphatic heterocycles. The maximum absolute atomic E-state index is 12.9. The quantitative estimate of drug-likeness (QED) is 0.421. The van der Waals surface area contributed by atoms with Crippen LogP contribution in [0, 0.1) is 6.92 Å². The molecule has 1 aromatic carbocycles. The lowest BCUT2D eigenvalue weighted by Gasteiger charge is -2.22. The minimum absolute atomic E-state index is 0.0731. The molecule has 180 valence electrons. The topological polar surface area (TPSA) is 104 Å². The second-order valence-electron chi connectivity index (χ2n) is 9.16. The molecule has 0 unspecified atom stereocenters. The van der Waals surface area contributed by atoms with Crippen LogP contribution in [0.1, 0.15) is 63.4 Å². The normalized spacial score (nSPS) is 15.0. The number of aromatic amines is 1. The van der Waals surface area contributed by atoms with E-state index in [0.717, 1.165) is 55.2 Å². The number of Topliss-reactive ketones (excluding diaryl/α,β-unsaturated/α-hetero) is 1. The van der Waals surface area contributed by atoms with E-state index in [9.17, 15) is 14.4 Å². The molecule has 7 nitrogen and oxygen atoms in total. The fourth-order valence-electron chi connectivity index (χ4n) is 4.99. The van der Waals surface area contributed by atoms with Gasteiger partial charge in [0, 0.05) is 47.0 Å². The molecule has 0 spiro atoms. The highest BCUT2D eigenvalue weighted by molar-refractivity contribution is 6.31. The van der Waals surface area contributed by atoms with Gasteiger partial charge >= 0.3 is 0 Å². The van der Waals surface area contributed by atoms with E-state index in [1.807, 2.05) is 18.2 Å². The van der Waals surface area contributed by atoms with E-state index in [1.165, 1.54) is 29.8 Å². The Hall–Kier alpha value is -3.45. The van der Waals surface area contributed by atoms with Crippen molar-refractivity contribution in [1.29, 1.82) is 0 Å². The molecular formula is C27H27ClN4O3. The second kappa shape index (κ2) is 9.66. The van der Waals surface area contributed by atoms with Crippen LogP contribution in [-0.4, -0.2) is 34.6 Å². The molecule has 0 amide bonds. The Kier molecular flexibility index (Phi) is 6.43. The van der Waals surface area contributed by atoms with Crippen LogP contribution in [0.5, 0.6) is 0 Å². The molecule has 0 radical (unpaired) electrons. The molecule has 2 aromatic heterocycles. The summed E-state index contributed by atoms with van der Waals surface area (Å²) in [6.45, 7) is 3.02. The molecular weight excluding hydrogens is 464 g/mol. The average Bonchev–Trinajstić information content (AvgIpc) is 2.83. The van der Waals surface area contributed by atoms with Gasteiger partial charge in [0.2, 0.25) is 17.1 Å². The number of benzene rings is 1. The predicted molar refractivity (Wildman–Crippen MR) is 138 cm³/mol. The number of rotatable bonds is 7. The molecule has 0 fully saturated rings. The number of halogens is 1. The lowest BCUT2D eigenvalue weighted by Crippen LogP contribution is -2.30. The maximum Gasteiger partial charge on any atom is 0.248 e. The van der Waals surface area contributed by atoms with E-state index in [1.54, 1.807) is 6.92 Å². The minimum Gasteiger partial charge on any atom is -0.384 e. The first kappa shape index (κ1) is 23.3. The number of H-pyrrole nitrogens is 1. The van der Waals surface area contributed by atoms with Gasteiger partial charge in [-0.2, -0.15) is 0 Å². The van der Waals surface area contributed by atoms with Crippen molar-refractivity contribution in [3.63, 3.8) is 0 Å². The first-order valence-electron chi connectivity index (χ1n) is 12.1. The zero-order valence-electron chi connectivity index (χ0n) is 19.6. The van der Waals surface area contributed by atoms with Crippen molar-refractivity contribution < 1.29 is 9.59 Å². The SMILES string of the molecule is Cc1cc(=O)[nH]c2c1C(=O)C(NCCCCNc1c3c(nc4cc(Cl)ccc14)CCCC3)=CC2=O. The zero-order chi connectivity index (χ0) is 24.5. The number of aryl methyl sites for hydroxylation is 2. The molecule has 8 heteroatoms. The van der Waals surface area contributed by atoms with Crippen LogP contribution in [0.25, 0.3) is 10.9 Å². The molecule has 3 N–H and O–H groups in total. The van der Waals surface area contributed by atoms with E-state index in [4.69, 9.17) is 16.6 Å². The Bertz CT molecular complexity index is 1440. The summed E-state index contributed by atoms with van der Waals surface area (Å²) in [7, 11) is 0. The lowest BCUT2D eigenvalue weighted by molar-refractivity contribution is 0.0974. The summed E-state index contributed by atoms with van der Waals surface area (Å²) in [5, 5.41) is 8.53. The Morgan fingerprint density at radius 1 is 1.03 bits per heavy atom. The number of allylic oxidation sites excluding steroid dienone is 2. The number of nitrogens with one attached hydrogen (secondary N) is 3. The third-order valence-corrected chi connectivity index (χ3v) is 6.91. The molecule has 0 saturated heterocycles. The number of nitrogens with zero attached hydrogens (tertiary/aromatic N) is 1. The number of aromatic nitrogens is 2. The highest BCUT2D eigenvalue weighted by atomic mass is 35.5. The molecule has 2 aliphatic rings. The molecule has 0 saturated carbocycles. The standard InChI is InChI=1S/C27H27ClN4O3/c1-15-12-23(34)32-26-22(33)14-21(27(35)24(15)26)29-10-4-5-11-30-25-17-6-2-3-7-19(17)31-20-13-16(28)8-9-18(20)25/h8-9,12-14,29H,2-7,10-11H2,1H3,(H,30,31)(H,32,34). The van der Waals surface area contributed by atoms with Crippen molar-refractivity contribution >= 4 is 39.8 Å². The van der Waals surface area contributed by atoms with Crippen LogP contribution in [0.15, 0.2) is 40.8 Å².